The lowest BCUT2D eigenvalue weighted by Gasteiger charge is -2.40. The number of piperazine rings is 1. The van der Waals surface area contributed by atoms with Crippen molar-refractivity contribution in [2.24, 2.45) is 5.92 Å². The van der Waals surface area contributed by atoms with Crippen LogP contribution in [0.25, 0.3) is 0 Å². The largest absolute Gasteiger partial charge is 0.497 e. The molecule has 0 amide bonds. The first kappa shape index (κ1) is 20.4. The van der Waals surface area contributed by atoms with Gasteiger partial charge < -0.3 is 14.1 Å². The zero-order valence-corrected chi connectivity index (χ0v) is 17.9. The summed E-state index contributed by atoms with van der Waals surface area (Å²) in [7, 11) is 1.70. The van der Waals surface area contributed by atoms with E-state index >= 15 is 0 Å². The van der Waals surface area contributed by atoms with Crippen molar-refractivity contribution in [1.82, 2.24) is 25.1 Å². The van der Waals surface area contributed by atoms with Crippen molar-refractivity contribution in [3.05, 3.63) is 54.2 Å². The molecule has 1 saturated heterocycles. The normalized spacial score (nSPS) is 16.2. The summed E-state index contributed by atoms with van der Waals surface area (Å²) in [6.45, 7) is 8.94. The van der Waals surface area contributed by atoms with Gasteiger partial charge in [0.1, 0.15) is 18.1 Å². The van der Waals surface area contributed by atoms with Crippen LogP contribution in [-0.2, 0) is 6.54 Å². The van der Waals surface area contributed by atoms with E-state index < -0.39 is 0 Å². The van der Waals surface area contributed by atoms with E-state index in [0.717, 1.165) is 49.9 Å². The maximum absolute atomic E-state index is 5.50. The highest BCUT2D eigenvalue weighted by Crippen LogP contribution is 2.29. The Morgan fingerprint density at radius 1 is 1.07 bits per heavy atom. The second kappa shape index (κ2) is 9.30. The molecule has 0 saturated carbocycles. The average Bonchev–Trinajstić information content (AvgIpc) is 3.45. The number of hydrogen-bond acceptors (Lipinski definition) is 7. The standard InChI is InChI=1S/C22H30N6O2/c1-17(2)15-21(22-23-24-25-28(22)16-20-5-4-14-30-20)27-12-10-26(11-13-27)18-6-8-19(29-3)9-7-18/h4-9,14,17,21H,10-13,15-16H2,1-3H3. The highest BCUT2D eigenvalue weighted by molar-refractivity contribution is 5.49. The van der Waals surface area contributed by atoms with Gasteiger partial charge in [0.2, 0.25) is 0 Å². The van der Waals surface area contributed by atoms with Gasteiger partial charge in [-0.1, -0.05) is 13.8 Å². The number of benzene rings is 1. The molecular formula is C22H30N6O2. The predicted octanol–water partition coefficient (Wildman–Crippen LogP) is 3.23. The monoisotopic (exact) mass is 410 g/mol. The van der Waals surface area contributed by atoms with Gasteiger partial charge in [0, 0.05) is 31.9 Å². The van der Waals surface area contributed by atoms with E-state index in [9.17, 15) is 0 Å². The molecule has 0 bridgehead atoms. The number of hydrogen-bond donors (Lipinski definition) is 0. The molecule has 1 atom stereocenters. The van der Waals surface area contributed by atoms with Gasteiger partial charge >= 0.3 is 0 Å². The molecular weight excluding hydrogens is 380 g/mol. The first-order chi connectivity index (χ1) is 14.6. The topological polar surface area (TPSA) is 72.5 Å². The van der Waals surface area contributed by atoms with Crippen molar-refractivity contribution in [2.45, 2.75) is 32.9 Å². The Hall–Kier alpha value is -2.87. The lowest BCUT2D eigenvalue weighted by Crippen LogP contribution is -2.48. The number of rotatable bonds is 8. The molecule has 3 heterocycles. The number of ether oxygens (including phenoxy) is 1. The van der Waals surface area contributed by atoms with Gasteiger partial charge in [-0.25, -0.2) is 4.68 Å². The van der Waals surface area contributed by atoms with Crippen LogP contribution in [0.2, 0.25) is 0 Å². The maximum atomic E-state index is 5.50. The van der Waals surface area contributed by atoms with Crippen LogP contribution < -0.4 is 9.64 Å². The zero-order chi connectivity index (χ0) is 20.9. The van der Waals surface area contributed by atoms with E-state index in [4.69, 9.17) is 9.15 Å². The van der Waals surface area contributed by atoms with Crippen molar-refractivity contribution >= 4 is 5.69 Å². The molecule has 160 valence electrons. The fourth-order valence-electron chi connectivity index (χ4n) is 4.06. The van der Waals surface area contributed by atoms with E-state index in [0.29, 0.717) is 12.5 Å². The molecule has 4 rings (SSSR count). The van der Waals surface area contributed by atoms with E-state index in [1.807, 2.05) is 28.9 Å². The van der Waals surface area contributed by atoms with Gasteiger partial charge in [0.25, 0.3) is 0 Å². The minimum Gasteiger partial charge on any atom is -0.497 e. The maximum Gasteiger partial charge on any atom is 0.168 e. The molecule has 8 nitrogen and oxygen atoms in total. The Morgan fingerprint density at radius 3 is 2.47 bits per heavy atom. The van der Waals surface area contributed by atoms with Gasteiger partial charge in [-0.2, -0.15) is 0 Å². The summed E-state index contributed by atoms with van der Waals surface area (Å²) >= 11 is 0. The van der Waals surface area contributed by atoms with Crippen molar-refractivity contribution in [3.63, 3.8) is 0 Å². The second-order valence-corrected chi connectivity index (χ2v) is 8.14. The van der Waals surface area contributed by atoms with Crippen LogP contribution >= 0.6 is 0 Å². The first-order valence-electron chi connectivity index (χ1n) is 10.6. The zero-order valence-electron chi connectivity index (χ0n) is 17.9. The van der Waals surface area contributed by atoms with E-state index in [1.165, 1.54) is 5.69 Å². The van der Waals surface area contributed by atoms with Crippen LogP contribution in [0.15, 0.2) is 47.1 Å². The van der Waals surface area contributed by atoms with Gasteiger partial charge in [-0.15, -0.1) is 5.10 Å². The predicted molar refractivity (Wildman–Crippen MR) is 115 cm³/mol. The lowest BCUT2D eigenvalue weighted by molar-refractivity contribution is 0.153. The molecule has 1 aliphatic rings. The number of anilines is 1. The molecule has 2 aromatic heterocycles. The summed E-state index contributed by atoms with van der Waals surface area (Å²) < 4.78 is 12.7. The van der Waals surface area contributed by atoms with Crippen LogP contribution in [0.4, 0.5) is 5.69 Å². The highest BCUT2D eigenvalue weighted by atomic mass is 16.5. The molecule has 0 radical (unpaired) electrons. The van der Waals surface area contributed by atoms with E-state index in [2.05, 4.69) is 51.3 Å². The van der Waals surface area contributed by atoms with Crippen LogP contribution in [-0.4, -0.2) is 58.4 Å². The number of furan rings is 1. The number of tetrazole rings is 1. The van der Waals surface area contributed by atoms with Crippen molar-refractivity contribution in [1.29, 1.82) is 0 Å². The van der Waals surface area contributed by atoms with Crippen molar-refractivity contribution < 1.29 is 9.15 Å². The third kappa shape index (κ3) is 4.64. The molecule has 3 aromatic rings. The smallest absolute Gasteiger partial charge is 0.168 e. The van der Waals surface area contributed by atoms with Crippen LogP contribution in [0.3, 0.4) is 0 Å². The Morgan fingerprint density at radius 2 is 1.83 bits per heavy atom. The van der Waals surface area contributed by atoms with Gasteiger partial charge in [-0.3, -0.25) is 4.90 Å². The fourth-order valence-corrected chi connectivity index (χ4v) is 4.06. The summed E-state index contributed by atoms with van der Waals surface area (Å²) in [6.07, 6.45) is 2.70. The average molecular weight is 411 g/mol. The minimum absolute atomic E-state index is 0.188. The second-order valence-electron chi connectivity index (χ2n) is 8.14. The van der Waals surface area contributed by atoms with Crippen LogP contribution in [0.1, 0.15) is 37.9 Å². The minimum atomic E-state index is 0.188. The fraction of sp³-hybridized carbons (Fsp3) is 0.500. The summed E-state index contributed by atoms with van der Waals surface area (Å²) in [5.74, 6) is 3.20. The molecule has 0 N–H and O–H groups in total. The molecule has 1 unspecified atom stereocenters. The lowest BCUT2D eigenvalue weighted by atomic mass is 10.0. The van der Waals surface area contributed by atoms with E-state index in [1.54, 1.807) is 13.4 Å². The molecule has 1 aromatic carbocycles. The summed E-state index contributed by atoms with van der Waals surface area (Å²) in [6, 6.07) is 12.3. The van der Waals surface area contributed by atoms with Gasteiger partial charge in [0.05, 0.1) is 19.4 Å². The van der Waals surface area contributed by atoms with Gasteiger partial charge in [-0.05, 0) is 59.2 Å². The van der Waals surface area contributed by atoms with E-state index in [-0.39, 0.29) is 6.04 Å². The molecule has 0 spiro atoms. The number of nitrogens with zero attached hydrogens (tertiary/aromatic N) is 6. The number of aromatic nitrogens is 4. The Balaban J connectivity index is 1.47. The van der Waals surface area contributed by atoms with Gasteiger partial charge in [0.15, 0.2) is 5.82 Å². The Labute approximate surface area is 177 Å². The van der Waals surface area contributed by atoms with Crippen LogP contribution in [0, 0.1) is 5.92 Å². The summed E-state index contributed by atoms with van der Waals surface area (Å²) in [5, 5.41) is 12.6. The van der Waals surface area contributed by atoms with Crippen molar-refractivity contribution in [2.75, 3.05) is 38.2 Å². The molecule has 8 heteroatoms. The molecule has 30 heavy (non-hydrogen) atoms. The molecule has 1 fully saturated rings. The quantitative estimate of drug-likeness (QED) is 0.564. The third-order valence-corrected chi connectivity index (χ3v) is 5.63. The SMILES string of the molecule is COc1ccc(N2CCN(C(CC(C)C)c3nnnn3Cc3ccco3)CC2)cc1. The first-order valence-corrected chi connectivity index (χ1v) is 10.6. The summed E-state index contributed by atoms with van der Waals surface area (Å²) in [4.78, 5) is 4.94. The highest BCUT2D eigenvalue weighted by Gasteiger charge is 2.30. The van der Waals surface area contributed by atoms with Crippen LogP contribution in [0.5, 0.6) is 5.75 Å². The van der Waals surface area contributed by atoms with Crippen molar-refractivity contribution in [3.8, 4) is 5.75 Å². The third-order valence-electron chi connectivity index (χ3n) is 5.63. The Bertz CT molecular complexity index is 898. The molecule has 1 aliphatic heterocycles. The Kier molecular flexibility index (Phi) is 6.32. The number of methoxy groups -OCH3 is 1. The summed E-state index contributed by atoms with van der Waals surface area (Å²) in [5.41, 5.74) is 1.23. The molecule has 0 aliphatic carbocycles.